The van der Waals surface area contributed by atoms with E-state index < -0.39 is 20.0 Å². The second-order valence-electron chi connectivity index (χ2n) is 8.59. The molecule has 3 aromatic carbocycles. The van der Waals surface area contributed by atoms with Crippen LogP contribution < -0.4 is 0 Å². The van der Waals surface area contributed by atoms with Gasteiger partial charge >= 0.3 is 0 Å². The van der Waals surface area contributed by atoms with E-state index >= 15 is 0 Å². The second kappa shape index (κ2) is 9.97. The molecular weight excluding hydrogens is 470 g/mol. The van der Waals surface area contributed by atoms with Gasteiger partial charge in [0.1, 0.15) is 0 Å². The van der Waals surface area contributed by atoms with Gasteiger partial charge in [-0.1, -0.05) is 65.7 Å². The molecular formula is C25H29N3O4S2. The standard InChI is InChI=1S/C25H29N3O4S2/c1-21-8-12-24(13-9-21)33(29,30)27-18-26(17-16-23-6-4-3-5-7-23)19-28(20-27)34(31,32)25-14-10-22(2)11-15-25/h3-15H,16-20H2,1-2H3. The Labute approximate surface area is 202 Å². The fraction of sp³-hybridized carbons (Fsp3) is 0.280. The maximum Gasteiger partial charge on any atom is 0.245 e. The normalized spacial score (nSPS) is 16.5. The van der Waals surface area contributed by atoms with Gasteiger partial charge in [-0.25, -0.2) is 16.8 Å². The molecule has 0 aliphatic carbocycles. The summed E-state index contributed by atoms with van der Waals surface area (Å²) in [5, 5.41) is 0. The van der Waals surface area contributed by atoms with Crippen LogP contribution in [-0.4, -0.2) is 56.9 Å². The van der Waals surface area contributed by atoms with Crippen LogP contribution in [0.1, 0.15) is 16.7 Å². The van der Waals surface area contributed by atoms with Crippen molar-refractivity contribution in [1.29, 1.82) is 0 Å². The van der Waals surface area contributed by atoms with E-state index in [1.165, 1.54) is 8.61 Å². The van der Waals surface area contributed by atoms with Crippen molar-refractivity contribution in [2.45, 2.75) is 30.1 Å². The van der Waals surface area contributed by atoms with Gasteiger partial charge in [-0.3, -0.25) is 4.90 Å². The highest BCUT2D eigenvalue weighted by Gasteiger charge is 2.38. The summed E-state index contributed by atoms with van der Waals surface area (Å²) in [6.45, 7) is 4.28. The summed E-state index contributed by atoms with van der Waals surface area (Å²) in [6.07, 6.45) is 0.678. The van der Waals surface area contributed by atoms with E-state index in [2.05, 4.69) is 0 Å². The van der Waals surface area contributed by atoms with Crippen LogP contribution in [0.15, 0.2) is 88.7 Å². The van der Waals surface area contributed by atoms with Crippen LogP contribution in [0.3, 0.4) is 0 Å². The third-order valence-corrected chi connectivity index (χ3v) is 9.47. The van der Waals surface area contributed by atoms with Crippen LogP contribution in [0.5, 0.6) is 0 Å². The van der Waals surface area contributed by atoms with E-state index in [-0.39, 0.29) is 29.8 Å². The van der Waals surface area contributed by atoms with Crippen molar-refractivity contribution in [2.24, 2.45) is 0 Å². The number of hydrogen-bond donors (Lipinski definition) is 0. The van der Waals surface area contributed by atoms with Crippen molar-refractivity contribution in [3.8, 4) is 0 Å². The van der Waals surface area contributed by atoms with Gasteiger partial charge in [0.2, 0.25) is 20.0 Å². The molecule has 0 atom stereocenters. The van der Waals surface area contributed by atoms with Gasteiger partial charge in [-0.2, -0.15) is 8.61 Å². The fourth-order valence-electron chi connectivity index (χ4n) is 3.85. The van der Waals surface area contributed by atoms with Crippen LogP contribution >= 0.6 is 0 Å². The van der Waals surface area contributed by atoms with Crippen molar-refractivity contribution in [2.75, 3.05) is 26.6 Å². The van der Waals surface area contributed by atoms with Gasteiger partial charge in [0, 0.05) is 6.54 Å². The van der Waals surface area contributed by atoms with E-state index in [1.807, 2.05) is 49.1 Å². The first-order chi connectivity index (χ1) is 16.2. The summed E-state index contributed by atoms with van der Waals surface area (Å²) >= 11 is 0. The molecule has 0 aromatic heterocycles. The summed E-state index contributed by atoms with van der Waals surface area (Å²) in [6, 6.07) is 23.1. The summed E-state index contributed by atoms with van der Waals surface area (Å²) < 4.78 is 56.3. The lowest BCUT2D eigenvalue weighted by Gasteiger charge is -2.40. The molecule has 3 aromatic rings. The summed E-state index contributed by atoms with van der Waals surface area (Å²) in [5.74, 6) is 0. The molecule has 1 saturated heterocycles. The zero-order valence-electron chi connectivity index (χ0n) is 19.3. The smallest absolute Gasteiger partial charge is 0.245 e. The van der Waals surface area contributed by atoms with E-state index in [0.717, 1.165) is 16.7 Å². The number of benzene rings is 3. The van der Waals surface area contributed by atoms with Gasteiger partial charge in [0.25, 0.3) is 0 Å². The van der Waals surface area contributed by atoms with Crippen LogP contribution in [0.2, 0.25) is 0 Å². The van der Waals surface area contributed by atoms with Crippen LogP contribution in [0, 0.1) is 13.8 Å². The third-order valence-electron chi connectivity index (χ3n) is 5.91. The molecule has 0 amide bonds. The predicted octanol–water partition coefficient (Wildman–Crippen LogP) is 3.42. The lowest BCUT2D eigenvalue weighted by Crippen LogP contribution is -2.58. The average molecular weight is 500 g/mol. The molecule has 4 rings (SSSR count). The first-order valence-corrected chi connectivity index (χ1v) is 13.9. The maximum absolute atomic E-state index is 13.4. The number of aryl methyl sites for hydroxylation is 2. The first-order valence-electron chi connectivity index (χ1n) is 11.1. The van der Waals surface area contributed by atoms with Gasteiger partial charge in [0.05, 0.1) is 29.8 Å². The first kappa shape index (κ1) is 24.6. The van der Waals surface area contributed by atoms with Crippen molar-refractivity contribution >= 4 is 20.0 Å². The molecule has 0 unspecified atom stereocenters. The minimum absolute atomic E-state index is 0.114. The van der Waals surface area contributed by atoms with Crippen LogP contribution in [0.4, 0.5) is 0 Å². The Morgan fingerprint density at radius 2 is 1.06 bits per heavy atom. The maximum atomic E-state index is 13.4. The van der Waals surface area contributed by atoms with Gasteiger partial charge in [0.15, 0.2) is 0 Å². The van der Waals surface area contributed by atoms with Crippen molar-refractivity contribution in [3.05, 3.63) is 95.6 Å². The third kappa shape index (κ3) is 5.39. The quantitative estimate of drug-likeness (QED) is 0.498. The second-order valence-corrected chi connectivity index (χ2v) is 12.5. The highest BCUT2D eigenvalue weighted by atomic mass is 32.2. The average Bonchev–Trinajstić information content (AvgIpc) is 2.84. The molecule has 1 aliphatic rings. The molecule has 0 bridgehead atoms. The Balaban J connectivity index is 1.64. The molecule has 0 saturated carbocycles. The van der Waals surface area contributed by atoms with E-state index in [1.54, 1.807) is 48.5 Å². The minimum atomic E-state index is -3.89. The van der Waals surface area contributed by atoms with Crippen molar-refractivity contribution in [3.63, 3.8) is 0 Å². The molecule has 180 valence electrons. The number of nitrogens with zero attached hydrogens (tertiary/aromatic N) is 3. The molecule has 1 aliphatic heterocycles. The fourth-order valence-corrected chi connectivity index (χ4v) is 6.70. The number of hydrogen-bond acceptors (Lipinski definition) is 5. The lowest BCUT2D eigenvalue weighted by atomic mass is 10.1. The Hall–Kier alpha value is -2.56. The van der Waals surface area contributed by atoms with E-state index in [0.29, 0.717) is 13.0 Å². The Bertz CT molecular complexity index is 1240. The molecule has 0 spiro atoms. The molecule has 1 fully saturated rings. The minimum Gasteiger partial charge on any atom is -0.275 e. The van der Waals surface area contributed by atoms with Crippen molar-refractivity contribution < 1.29 is 16.8 Å². The molecule has 1 heterocycles. The topological polar surface area (TPSA) is 78.0 Å². The summed E-state index contributed by atoms with van der Waals surface area (Å²) in [7, 11) is -7.78. The molecule has 0 N–H and O–H groups in total. The van der Waals surface area contributed by atoms with Crippen molar-refractivity contribution in [1.82, 2.24) is 13.5 Å². The Morgan fingerprint density at radius 3 is 1.50 bits per heavy atom. The zero-order chi connectivity index (χ0) is 24.3. The molecule has 7 nitrogen and oxygen atoms in total. The largest absolute Gasteiger partial charge is 0.275 e. The van der Waals surface area contributed by atoms with E-state index in [9.17, 15) is 16.8 Å². The monoisotopic (exact) mass is 499 g/mol. The molecule has 9 heteroatoms. The van der Waals surface area contributed by atoms with Gasteiger partial charge in [-0.15, -0.1) is 0 Å². The summed E-state index contributed by atoms with van der Waals surface area (Å²) in [4.78, 5) is 2.15. The lowest BCUT2D eigenvalue weighted by molar-refractivity contribution is 0.0646. The van der Waals surface area contributed by atoms with E-state index in [4.69, 9.17) is 0 Å². The summed E-state index contributed by atoms with van der Waals surface area (Å²) in [5.41, 5.74) is 3.00. The highest BCUT2D eigenvalue weighted by molar-refractivity contribution is 7.90. The molecule has 34 heavy (non-hydrogen) atoms. The van der Waals surface area contributed by atoms with Crippen LogP contribution in [-0.2, 0) is 26.5 Å². The highest BCUT2D eigenvalue weighted by Crippen LogP contribution is 2.25. The van der Waals surface area contributed by atoms with Gasteiger partial charge < -0.3 is 0 Å². The van der Waals surface area contributed by atoms with Gasteiger partial charge in [-0.05, 0) is 50.1 Å². The Morgan fingerprint density at radius 1 is 0.618 bits per heavy atom. The number of sulfonamides is 2. The molecule has 0 radical (unpaired) electrons. The SMILES string of the molecule is Cc1ccc(S(=O)(=O)N2CN(CCc3ccccc3)CN(S(=O)(=O)c3ccc(C)cc3)C2)cc1. The van der Waals surface area contributed by atoms with Crippen LogP contribution in [0.25, 0.3) is 0 Å². The predicted molar refractivity (Wildman–Crippen MR) is 132 cm³/mol. The zero-order valence-corrected chi connectivity index (χ0v) is 21.0. The number of rotatable bonds is 7. The Kier molecular flexibility index (Phi) is 7.20.